The quantitative estimate of drug-likeness (QED) is 0.0976. The lowest BCUT2D eigenvalue weighted by molar-refractivity contribution is 0.111. The minimum atomic E-state index is 0.370. The smallest absolute Gasteiger partial charge is 0.155 e. The summed E-state index contributed by atoms with van der Waals surface area (Å²) in [6.07, 6.45) is 3.04. The minimum absolute atomic E-state index is 0.370. The molecule has 0 radical (unpaired) electrons. The molecule has 0 atom stereocenters. The molecule has 12 heteroatoms. The molecule has 0 amide bonds. The minimum Gasteiger partial charge on any atom is -0.496 e. The van der Waals surface area contributed by atoms with Crippen molar-refractivity contribution in [1.82, 2.24) is 9.97 Å². The van der Waals surface area contributed by atoms with Crippen molar-refractivity contribution in [1.29, 1.82) is 0 Å². The van der Waals surface area contributed by atoms with Crippen molar-refractivity contribution in [2.75, 3.05) is 28.4 Å². The molecule has 0 bridgehead atoms. The fraction of sp³-hybridized carbons (Fsp3) is 0.0833. The molecule has 0 aliphatic rings. The molecule has 2 heterocycles. The lowest BCUT2D eigenvalue weighted by Gasteiger charge is -2.16. The van der Waals surface area contributed by atoms with Gasteiger partial charge in [0.25, 0.3) is 0 Å². The van der Waals surface area contributed by atoms with Crippen molar-refractivity contribution in [3.05, 3.63) is 131 Å². The molecule has 60 heavy (non-hydrogen) atoms. The van der Waals surface area contributed by atoms with E-state index in [1.807, 2.05) is 84.9 Å². The first-order chi connectivity index (χ1) is 29.4. The van der Waals surface area contributed by atoms with Gasteiger partial charge in [-0.25, -0.2) is 9.97 Å². The van der Waals surface area contributed by atoms with Crippen LogP contribution in [0.25, 0.3) is 75.3 Å². The predicted octanol–water partition coefficient (Wildman–Crippen LogP) is 11.0. The van der Waals surface area contributed by atoms with Gasteiger partial charge in [0.05, 0.1) is 61.8 Å². The average Bonchev–Trinajstić information content (AvgIpc) is 3.90. The van der Waals surface area contributed by atoms with E-state index in [0.717, 1.165) is 69.7 Å². The van der Waals surface area contributed by atoms with Crippen molar-refractivity contribution < 1.29 is 38.1 Å². The second-order valence-electron chi connectivity index (χ2n) is 13.4. The molecule has 2 aromatic heterocycles. The van der Waals surface area contributed by atoms with E-state index in [1.54, 1.807) is 24.3 Å². The topological polar surface area (TPSA) is 131 Å². The highest BCUT2D eigenvalue weighted by molar-refractivity contribution is 7.29. The Labute approximate surface area is 352 Å². The van der Waals surface area contributed by atoms with Crippen molar-refractivity contribution in [2.24, 2.45) is 0 Å². The molecule has 8 rings (SSSR count). The van der Waals surface area contributed by atoms with Gasteiger partial charge in [0, 0.05) is 0 Å². The molecule has 0 N–H and O–H groups in total. The standard InChI is InChI=1S/C48H34N2O8S2/c1-55-39-21-29(11-13-33(39)23-51)27-7-5-9-31(19-27)37-17-15-35(25-53)43(57-3)41(37)45-49-47-48(59-45)50-46(60-47)42-38(18-16-36(26-54)44(42)58-4)32-10-6-8-28(20-32)30-12-14-34(24-52)40(22-30)56-2/h5-26H,1-4H3. The van der Waals surface area contributed by atoms with E-state index < -0.39 is 0 Å². The van der Waals surface area contributed by atoms with Crippen molar-refractivity contribution in [2.45, 2.75) is 0 Å². The Hall–Kier alpha value is -7.28. The molecule has 0 aliphatic carbocycles. The largest absolute Gasteiger partial charge is 0.496 e. The summed E-state index contributed by atoms with van der Waals surface area (Å²) in [5.41, 5.74) is 9.71. The highest BCUT2D eigenvalue weighted by Crippen LogP contribution is 2.49. The number of hydrogen-bond donors (Lipinski definition) is 0. The van der Waals surface area contributed by atoms with Gasteiger partial charge in [-0.3, -0.25) is 19.2 Å². The maximum Gasteiger partial charge on any atom is 0.155 e. The first kappa shape index (κ1) is 39.5. The Morgan fingerprint density at radius 3 is 1.15 bits per heavy atom. The van der Waals surface area contributed by atoms with Crippen LogP contribution >= 0.6 is 22.7 Å². The summed E-state index contributed by atoms with van der Waals surface area (Å²) in [6, 6.07) is 33.9. The van der Waals surface area contributed by atoms with Crippen LogP contribution in [0.3, 0.4) is 0 Å². The molecule has 0 saturated heterocycles. The van der Waals surface area contributed by atoms with E-state index in [4.69, 9.17) is 28.9 Å². The number of benzene rings is 6. The third-order valence-electron chi connectivity index (χ3n) is 10.2. The van der Waals surface area contributed by atoms with Crippen LogP contribution < -0.4 is 18.9 Å². The molecular formula is C48H34N2O8S2. The van der Waals surface area contributed by atoms with E-state index in [9.17, 15) is 19.2 Å². The van der Waals surface area contributed by atoms with Crippen LogP contribution in [0.4, 0.5) is 0 Å². The first-order valence-corrected chi connectivity index (χ1v) is 20.1. The van der Waals surface area contributed by atoms with Crippen LogP contribution in [0.1, 0.15) is 41.4 Å². The maximum atomic E-state index is 12.3. The Morgan fingerprint density at radius 2 is 0.783 bits per heavy atom. The van der Waals surface area contributed by atoms with Crippen LogP contribution in [0, 0.1) is 0 Å². The molecule has 0 aliphatic heterocycles. The van der Waals surface area contributed by atoms with Gasteiger partial charge in [-0.05, 0) is 93.0 Å². The van der Waals surface area contributed by atoms with E-state index in [0.29, 0.717) is 76.1 Å². The summed E-state index contributed by atoms with van der Waals surface area (Å²) in [6.45, 7) is 0. The molecule has 0 spiro atoms. The van der Waals surface area contributed by atoms with Gasteiger partial charge in [0.2, 0.25) is 0 Å². The number of carbonyl (C=O) groups is 4. The Bertz CT molecular complexity index is 2760. The van der Waals surface area contributed by atoms with Crippen molar-refractivity contribution in [3.8, 4) is 88.6 Å². The van der Waals surface area contributed by atoms with Gasteiger partial charge in [-0.2, -0.15) is 0 Å². The van der Waals surface area contributed by atoms with E-state index in [2.05, 4.69) is 0 Å². The third-order valence-corrected chi connectivity index (χ3v) is 12.2. The van der Waals surface area contributed by atoms with Gasteiger partial charge in [0.1, 0.15) is 33.0 Å². The third kappa shape index (κ3) is 7.12. The van der Waals surface area contributed by atoms with Crippen LogP contribution in [0.2, 0.25) is 0 Å². The van der Waals surface area contributed by atoms with Crippen molar-refractivity contribution >= 4 is 57.5 Å². The Kier molecular flexibility index (Phi) is 11.1. The number of nitrogens with zero attached hydrogens (tertiary/aromatic N) is 2. The number of fused-ring (bicyclic) bond motifs is 1. The molecule has 8 aromatic rings. The second-order valence-corrected chi connectivity index (χ2v) is 15.4. The van der Waals surface area contributed by atoms with Crippen LogP contribution in [-0.2, 0) is 0 Å². The number of thiazole rings is 2. The van der Waals surface area contributed by atoms with E-state index in [1.165, 1.54) is 51.1 Å². The maximum absolute atomic E-state index is 12.3. The SMILES string of the molecule is COc1cc(-c2cccc(-c3ccc(C=O)c(OC)c3-c3nc4sc(-c5c(-c6cccc(-c7ccc(C=O)c(OC)c7)c6)ccc(C=O)c5OC)nc4s3)c2)ccc1C=O. The van der Waals surface area contributed by atoms with Gasteiger partial charge in [-0.1, -0.05) is 83.3 Å². The monoisotopic (exact) mass is 830 g/mol. The summed E-state index contributed by atoms with van der Waals surface area (Å²) in [5, 5.41) is 1.21. The lowest BCUT2D eigenvalue weighted by Crippen LogP contribution is -1.97. The zero-order valence-electron chi connectivity index (χ0n) is 32.7. The summed E-state index contributed by atoms with van der Waals surface area (Å²) in [4.78, 5) is 59.2. The van der Waals surface area contributed by atoms with Crippen LogP contribution in [0.15, 0.2) is 109 Å². The number of rotatable bonds is 14. The van der Waals surface area contributed by atoms with Crippen LogP contribution in [0.5, 0.6) is 23.0 Å². The average molecular weight is 831 g/mol. The molecule has 6 aromatic carbocycles. The highest BCUT2D eigenvalue weighted by Gasteiger charge is 2.25. The summed E-state index contributed by atoms with van der Waals surface area (Å²) >= 11 is 2.72. The molecule has 10 nitrogen and oxygen atoms in total. The van der Waals surface area contributed by atoms with Gasteiger partial charge in [-0.15, -0.1) is 0 Å². The molecule has 0 saturated carbocycles. The summed E-state index contributed by atoms with van der Waals surface area (Å²) in [7, 11) is 6.11. The highest BCUT2D eigenvalue weighted by atomic mass is 32.1. The number of carbonyl (C=O) groups excluding carboxylic acids is 4. The fourth-order valence-corrected chi connectivity index (χ4v) is 9.45. The number of aldehydes is 4. The van der Waals surface area contributed by atoms with Gasteiger partial charge < -0.3 is 18.9 Å². The number of aromatic nitrogens is 2. The Balaban J connectivity index is 1.24. The molecule has 0 fully saturated rings. The molecule has 296 valence electrons. The van der Waals surface area contributed by atoms with E-state index in [-0.39, 0.29) is 0 Å². The lowest BCUT2D eigenvalue weighted by atomic mass is 9.93. The zero-order valence-corrected chi connectivity index (χ0v) is 34.3. The normalized spacial score (nSPS) is 10.9. The Morgan fingerprint density at radius 1 is 0.417 bits per heavy atom. The number of hydrogen-bond acceptors (Lipinski definition) is 12. The van der Waals surface area contributed by atoms with Crippen molar-refractivity contribution in [3.63, 3.8) is 0 Å². The number of methoxy groups -OCH3 is 4. The first-order valence-electron chi connectivity index (χ1n) is 18.4. The molecule has 0 unspecified atom stereocenters. The summed E-state index contributed by atoms with van der Waals surface area (Å²) in [5.74, 6) is 1.71. The zero-order chi connectivity index (χ0) is 41.9. The van der Waals surface area contributed by atoms with Gasteiger partial charge in [0.15, 0.2) is 34.8 Å². The summed E-state index contributed by atoms with van der Waals surface area (Å²) < 4.78 is 22.7. The van der Waals surface area contributed by atoms with Gasteiger partial charge >= 0.3 is 0 Å². The van der Waals surface area contributed by atoms with E-state index >= 15 is 0 Å². The fourth-order valence-electron chi connectivity index (χ4n) is 7.29. The van der Waals surface area contributed by atoms with Crippen LogP contribution in [-0.4, -0.2) is 63.6 Å². The predicted molar refractivity (Wildman–Crippen MR) is 236 cm³/mol. The second kappa shape index (κ2) is 16.9. The molecular weight excluding hydrogens is 797 g/mol. The number of ether oxygens (including phenoxy) is 4.